The lowest BCUT2D eigenvalue weighted by Gasteiger charge is -2.11. The average Bonchev–Trinajstić information content (AvgIpc) is 2.98. The number of anilines is 1. The topological polar surface area (TPSA) is 90.9 Å². The summed E-state index contributed by atoms with van der Waals surface area (Å²) >= 11 is 5.83. The number of pyridine rings is 1. The molecule has 1 amide bonds. The van der Waals surface area contributed by atoms with Crippen LogP contribution >= 0.6 is 11.6 Å². The Bertz CT molecular complexity index is 863. The minimum Gasteiger partial charge on any atom is -0.383 e. The molecule has 0 aliphatic rings. The Morgan fingerprint density at radius 2 is 1.92 bits per heavy atom. The summed E-state index contributed by atoms with van der Waals surface area (Å²) in [5.41, 5.74) is 3.24. The van der Waals surface area contributed by atoms with Gasteiger partial charge in [0.2, 0.25) is 0 Å². The fourth-order valence-electron chi connectivity index (χ4n) is 2.45. The minimum absolute atomic E-state index is 0.202. The number of carbonyl (C=O) groups is 1. The lowest BCUT2D eigenvalue weighted by molar-refractivity contribution is -0.123. The first-order valence-corrected chi connectivity index (χ1v) is 8.11. The van der Waals surface area contributed by atoms with Gasteiger partial charge in [-0.05, 0) is 36.8 Å². The molecule has 0 saturated carbocycles. The van der Waals surface area contributed by atoms with Crippen LogP contribution in [0.5, 0.6) is 0 Å². The van der Waals surface area contributed by atoms with Crippen molar-refractivity contribution in [1.29, 1.82) is 0 Å². The fraction of sp³-hybridized carbons (Fsp3) is 0.167. The highest BCUT2D eigenvalue weighted by Crippen LogP contribution is 2.25. The van der Waals surface area contributed by atoms with Crippen LogP contribution in [-0.4, -0.2) is 32.3 Å². The molecule has 7 heteroatoms. The molecule has 6 nitrogen and oxygen atoms in total. The highest BCUT2D eigenvalue weighted by Gasteiger charge is 2.19. The number of rotatable bonds is 5. The molecular weight excluding hydrogens is 340 g/mol. The van der Waals surface area contributed by atoms with E-state index in [4.69, 9.17) is 11.6 Å². The minimum atomic E-state index is -1.17. The van der Waals surface area contributed by atoms with E-state index in [2.05, 4.69) is 20.5 Å². The monoisotopic (exact) mass is 356 g/mol. The van der Waals surface area contributed by atoms with E-state index in [1.807, 2.05) is 19.1 Å². The maximum Gasteiger partial charge on any atom is 0.254 e. The maximum atomic E-state index is 12.2. The molecule has 3 rings (SSSR count). The highest BCUT2D eigenvalue weighted by atomic mass is 35.5. The van der Waals surface area contributed by atoms with Gasteiger partial charge in [0.25, 0.3) is 5.91 Å². The number of carbonyl (C=O) groups excluding carboxylic acids is 1. The van der Waals surface area contributed by atoms with Crippen LogP contribution in [0.15, 0.2) is 48.8 Å². The second kappa shape index (κ2) is 7.46. The molecule has 0 saturated heterocycles. The second-order valence-electron chi connectivity index (χ2n) is 5.64. The Balaban J connectivity index is 1.68. The zero-order chi connectivity index (χ0) is 17.8. The van der Waals surface area contributed by atoms with E-state index < -0.39 is 12.0 Å². The van der Waals surface area contributed by atoms with Crippen molar-refractivity contribution in [3.05, 3.63) is 64.9 Å². The summed E-state index contributed by atoms with van der Waals surface area (Å²) in [5.74, 6) is -0.0325. The molecule has 0 bridgehead atoms. The number of halogens is 1. The zero-order valence-electron chi connectivity index (χ0n) is 13.5. The molecule has 1 unspecified atom stereocenters. The molecule has 3 N–H and O–H groups in total. The lowest BCUT2D eigenvalue weighted by Crippen LogP contribution is -2.29. The van der Waals surface area contributed by atoms with Crippen LogP contribution in [0.25, 0.3) is 11.3 Å². The van der Waals surface area contributed by atoms with Gasteiger partial charge in [-0.2, -0.15) is 5.10 Å². The van der Waals surface area contributed by atoms with Gasteiger partial charge in [-0.15, -0.1) is 0 Å². The molecule has 0 fully saturated rings. The number of amides is 1. The third-order valence-corrected chi connectivity index (χ3v) is 4.11. The van der Waals surface area contributed by atoms with Gasteiger partial charge >= 0.3 is 0 Å². The first-order valence-electron chi connectivity index (χ1n) is 7.73. The van der Waals surface area contributed by atoms with Gasteiger partial charge in [-0.1, -0.05) is 23.7 Å². The smallest absolute Gasteiger partial charge is 0.254 e. The van der Waals surface area contributed by atoms with E-state index in [9.17, 15) is 9.90 Å². The third kappa shape index (κ3) is 4.04. The molecule has 2 heterocycles. The fourth-order valence-corrected chi connectivity index (χ4v) is 2.58. The third-order valence-electron chi connectivity index (χ3n) is 3.86. The van der Waals surface area contributed by atoms with Crippen LogP contribution in [0.1, 0.15) is 11.1 Å². The van der Waals surface area contributed by atoms with E-state index in [1.165, 1.54) is 0 Å². The van der Waals surface area contributed by atoms with Crippen molar-refractivity contribution in [2.45, 2.75) is 19.4 Å². The number of H-pyrrole nitrogens is 1. The summed E-state index contributed by atoms with van der Waals surface area (Å²) in [6.07, 6.45) is 2.39. The summed E-state index contributed by atoms with van der Waals surface area (Å²) in [6, 6.07) is 10.7. The van der Waals surface area contributed by atoms with Crippen molar-refractivity contribution in [3.63, 3.8) is 0 Å². The van der Waals surface area contributed by atoms with E-state index in [0.717, 1.165) is 22.4 Å². The average molecular weight is 357 g/mol. The van der Waals surface area contributed by atoms with Gasteiger partial charge < -0.3 is 10.4 Å². The SMILES string of the molecule is Cc1c(-c2ccncc2)n[nH]c1NC(=O)C(O)Cc1ccc(Cl)cc1. The Kier molecular flexibility index (Phi) is 5.11. The van der Waals surface area contributed by atoms with E-state index in [-0.39, 0.29) is 6.42 Å². The Labute approximate surface area is 149 Å². The molecule has 1 aromatic carbocycles. The summed E-state index contributed by atoms with van der Waals surface area (Å²) < 4.78 is 0. The van der Waals surface area contributed by atoms with Gasteiger partial charge in [0, 0.05) is 35.0 Å². The van der Waals surface area contributed by atoms with Gasteiger partial charge in [0.05, 0.1) is 5.69 Å². The van der Waals surface area contributed by atoms with Crippen molar-refractivity contribution in [2.75, 3.05) is 5.32 Å². The quantitative estimate of drug-likeness (QED) is 0.655. The van der Waals surface area contributed by atoms with Crippen molar-refractivity contribution >= 4 is 23.3 Å². The predicted molar refractivity (Wildman–Crippen MR) is 96.3 cm³/mol. The van der Waals surface area contributed by atoms with Crippen LogP contribution in [-0.2, 0) is 11.2 Å². The Morgan fingerprint density at radius 1 is 1.24 bits per heavy atom. The van der Waals surface area contributed by atoms with Crippen LogP contribution in [0.4, 0.5) is 5.82 Å². The molecule has 128 valence electrons. The number of nitrogens with zero attached hydrogens (tertiary/aromatic N) is 2. The van der Waals surface area contributed by atoms with Gasteiger partial charge in [0.15, 0.2) is 0 Å². The van der Waals surface area contributed by atoms with E-state index in [0.29, 0.717) is 10.8 Å². The van der Waals surface area contributed by atoms with E-state index in [1.54, 1.807) is 36.7 Å². The molecule has 2 aromatic heterocycles. The molecule has 1 atom stereocenters. The molecule has 3 aromatic rings. The van der Waals surface area contributed by atoms with Gasteiger partial charge in [-0.25, -0.2) is 0 Å². The first kappa shape index (κ1) is 17.1. The van der Waals surface area contributed by atoms with Crippen LogP contribution in [0.2, 0.25) is 5.02 Å². The number of hydrogen-bond donors (Lipinski definition) is 3. The van der Waals surface area contributed by atoms with Crippen LogP contribution < -0.4 is 5.32 Å². The molecular formula is C18H17ClN4O2. The number of nitrogens with one attached hydrogen (secondary N) is 2. The van der Waals surface area contributed by atoms with Crippen LogP contribution in [0, 0.1) is 6.92 Å². The number of aliphatic hydroxyl groups is 1. The van der Waals surface area contributed by atoms with E-state index >= 15 is 0 Å². The van der Waals surface area contributed by atoms with Crippen molar-refractivity contribution in [3.8, 4) is 11.3 Å². The zero-order valence-corrected chi connectivity index (χ0v) is 14.3. The molecule has 0 aliphatic carbocycles. The number of hydrogen-bond acceptors (Lipinski definition) is 4. The highest BCUT2D eigenvalue weighted by molar-refractivity contribution is 6.30. The summed E-state index contributed by atoms with van der Waals surface area (Å²) in [5, 5.41) is 20.4. The number of aromatic amines is 1. The number of aromatic nitrogens is 3. The summed E-state index contributed by atoms with van der Waals surface area (Å²) in [6.45, 7) is 1.85. The molecule has 0 radical (unpaired) electrons. The van der Waals surface area contributed by atoms with Crippen molar-refractivity contribution in [1.82, 2.24) is 15.2 Å². The Morgan fingerprint density at radius 3 is 2.60 bits per heavy atom. The molecule has 0 aliphatic heterocycles. The van der Waals surface area contributed by atoms with Crippen LogP contribution in [0.3, 0.4) is 0 Å². The maximum absolute atomic E-state index is 12.2. The number of aliphatic hydroxyl groups excluding tert-OH is 1. The van der Waals surface area contributed by atoms with Gasteiger partial charge in [0.1, 0.15) is 11.9 Å². The molecule has 0 spiro atoms. The Hall–Kier alpha value is -2.70. The summed E-state index contributed by atoms with van der Waals surface area (Å²) in [4.78, 5) is 16.2. The van der Waals surface area contributed by atoms with Crippen molar-refractivity contribution < 1.29 is 9.90 Å². The summed E-state index contributed by atoms with van der Waals surface area (Å²) in [7, 11) is 0. The lowest BCUT2D eigenvalue weighted by atomic mass is 10.1. The largest absolute Gasteiger partial charge is 0.383 e. The van der Waals surface area contributed by atoms with Gasteiger partial charge in [-0.3, -0.25) is 14.9 Å². The molecule has 25 heavy (non-hydrogen) atoms. The standard InChI is InChI=1S/C18H17ClN4O2/c1-11-16(13-6-8-20-9-7-13)22-23-17(11)21-18(25)15(24)10-12-2-4-14(19)5-3-12/h2-9,15,24H,10H2,1H3,(H2,21,22,23,25). The normalized spacial score (nSPS) is 12.0. The first-order chi connectivity index (χ1) is 12.0. The van der Waals surface area contributed by atoms with Crippen molar-refractivity contribution in [2.24, 2.45) is 0 Å². The predicted octanol–water partition coefficient (Wildman–Crippen LogP) is 2.98. The second-order valence-corrected chi connectivity index (χ2v) is 6.08. The number of benzene rings is 1.